The second-order valence-corrected chi connectivity index (χ2v) is 7.62. The minimum atomic E-state index is -0.482. The van der Waals surface area contributed by atoms with E-state index in [2.05, 4.69) is 30.9 Å². The Morgan fingerprint density at radius 2 is 1.86 bits per heavy atom. The number of hydrogen-bond acceptors (Lipinski definition) is 4. The van der Waals surface area contributed by atoms with Gasteiger partial charge in [0.05, 0.1) is 6.61 Å². The Morgan fingerprint density at radius 3 is 2.46 bits per heavy atom. The topological polar surface area (TPSA) is 57.0 Å². The van der Waals surface area contributed by atoms with Crippen LogP contribution in [0.1, 0.15) is 50.0 Å². The summed E-state index contributed by atoms with van der Waals surface area (Å²) < 4.78 is 20.3. The van der Waals surface area contributed by atoms with Crippen LogP contribution in [0.5, 0.6) is 6.01 Å². The van der Waals surface area contributed by atoms with Gasteiger partial charge < -0.3 is 4.74 Å². The lowest BCUT2D eigenvalue weighted by atomic mass is 9.87. The van der Waals surface area contributed by atoms with Crippen molar-refractivity contribution in [3.63, 3.8) is 0 Å². The van der Waals surface area contributed by atoms with Gasteiger partial charge in [-0.05, 0) is 35.6 Å². The Bertz CT molecular complexity index is 972. The molecule has 2 aromatic carbocycles. The minimum absolute atomic E-state index is 0.0129. The van der Waals surface area contributed by atoms with Crippen molar-refractivity contribution in [1.29, 1.82) is 0 Å². The van der Waals surface area contributed by atoms with Crippen molar-refractivity contribution in [3.05, 3.63) is 65.5 Å². The lowest BCUT2D eigenvalue weighted by molar-refractivity contribution is 0.0944. The summed E-state index contributed by atoms with van der Waals surface area (Å²) in [4.78, 5) is 17.3. The predicted molar refractivity (Wildman–Crippen MR) is 106 cm³/mol. The number of carbonyl (C=O) groups is 1. The molecule has 28 heavy (non-hydrogen) atoms. The smallest absolute Gasteiger partial charge is 0.336 e. The van der Waals surface area contributed by atoms with Crippen LogP contribution in [0.3, 0.4) is 0 Å². The molecule has 0 saturated carbocycles. The fraction of sp³-hybridized carbons (Fsp3) is 0.318. The van der Waals surface area contributed by atoms with E-state index in [0.29, 0.717) is 12.4 Å². The van der Waals surface area contributed by atoms with E-state index < -0.39 is 11.7 Å². The Balaban J connectivity index is 2.04. The first kappa shape index (κ1) is 19.7. The molecule has 0 unspecified atom stereocenters. The highest BCUT2D eigenvalue weighted by Gasteiger charge is 2.21. The van der Waals surface area contributed by atoms with Gasteiger partial charge in [0, 0.05) is 11.1 Å². The summed E-state index contributed by atoms with van der Waals surface area (Å²) in [5, 5.41) is 4.21. The largest absolute Gasteiger partial charge is 0.462 e. The van der Waals surface area contributed by atoms with E-state index in [1.165, 1.54) is 28.4 Å². The zero-order valence-electron chi connectivity index (χ0n) is 16.6. The second-order valence-electron chi connectivity index (χ2n) is 7.62. The fourth-order valence-corrected chi connectivity index (χ4v) is 2.74. The van der Waals surface area contributed by atoms with Crippen LogP contribution in [-0.2, 0) is 5.41 Å². The van der Waals surface area contributed by atoms with E-state index in [0.717, 1.165) is 12.0 Å². The molecule has 3 rings (SSSR count). The number of benzene rings is 2. The summed E-state index contributed by atoms with van der Waals surface area (Å²) >= 11 is 0. The lowest BCUT2D eigenvalue weighted by Gasteiger charge is -2.19. The van der Waals surface area contributed by atoms with Crippen LogP contribution in [0.2, 0.25) is 0 Å². The molecule has 0 aliphatic rings. The van der Waals surface area contributed by atoms with Gasteiger partial charge in [0.2, 0.25) is 0 Å². The Morgan fingerprint density at radius 1 is 1.14 bits per heavy atom. The third kappa shape index (κ3) is 4.27. The lowest BCUT2D eigenvalue weighted by Crippen LogP contribution is -2.16. The number of ether oxygens (including phenoxy) is 1. The SMILES string of the molecule is CCCOc1nc(-c2ccc(C(C)(C)C)cc2)n(C(=O)c2cccc(F)c2)n1. The highest BCUT2D eigenvalue weighted by molar-refractivity contribution is 5.97. The van der Waals surface area contributed by atoms with E-state index >= 15 is 0 Å². The summed E-state index contributed by atoms with van der Waals surface area (Å²) in [6.07, 6.45) is 0.794. The maximum Gasteiger partial charge on any atom is 0.336 e. The molecule has 1 aromatic heterocycles. The van der Waals surface area contributed by atoms with Gasteiger partial charge in [-0.1, -0.05) is 58.0 Å². The van der Waals surface area contributed by atoms with Crippen molar-refractivity contribution in [1.82, 2.24) is 14.8 Å². The number of halogens is 1. The molecule has 6 heteroatoms. The summed E-state index contributed by atoms with van der Waals surface area (Å²) in [6, 6.07) is 13.5. The van der Waals surface area contributed by atoms with Crippen molar-refractivity contribution in [2.24, 2.45) is 0 Å². The van der Waals surface area contributed by atoms with Crippen molar-refractivity contribution in [3.8, 4) is 17.4 Å². The standard InChI is InChI=1S/C22H24FN3O2/c1-5-13-28-21-24-19(15-9-11-17(12-10-15)22(2,3)4)26(25-21)20(27)16-7-6-8-18(23)14-16/h6-12,14H,5,13H2,1-4H3. The summed E-state index contributed by atoms with van der Waals surface area (Å²) in [6.45, 7) is 8.82. The molecule has 1 heterocycles. The molecule has 0 saturated heterocycles. The van der Waals surface area contributed by atoms with Gasteiger partial charge >= 0.3 is 6.01 Å². The molecule has 0 aliphatic carbocycles. The van der Waals surface area contributed by atoms with Crippen LogP contribution in [-0.4, -0.2) is 27.3 Å². The summed E-state index contributed by atoms with van der Waals surface area (Å²) in [5.74, 6) is -0.585. The van der Waals surface area contributed by atoms with Crippen molar-refractivity contribution < 1.29 is 13.9 Å². The number of hydrogen-bond donors (Lipinski definition) is 0. The molecule has 0 N–H and O–H groups in total. The van der Waals surface area contributed by atoms with E-state index in [4.69, 9.17) is 4.74 Å². The Labute approximate surface area is 164 Å². The van der Waals surface area contributed by atoms with Crippen molar-refractivity contribution >= 4 is 5.91 Å². The predicted octanol–water partition coefficient (Wildman–Crippen LogP) is 4.86. The highest BCUT2D eigenvalue weighted by Crippen LogP contribution is 2.27. The molecule has 0 radical (unpaired) electrons. The zero-order chi connectivity index (χ0) is 20.3. The second kappa shape index (κ2) is 7.92. The van der Waals surface area contributed by atoms with Gasteiger partial charge in [-0.15, -0.1) is 5.10 Å². The molecule has 146 valence electrons. The number of nitrogens with zero attached hydrogens (tertiary/aromatic N) is 3. The van der Waals surface area contributed by atoms with E-state index in [1.807, 2.05) is 31.2 Å². The third-order valence-electron chi connectivity index (χ3n) is 4.30. The molecule has 0 spiro atoms. The van der Waals surface area contributed by atoms with E-state index in [9.17, 15) is 9.18 Å². The van der Waals surface area contributed by atoms with Crippen LogP contribution in [0.4, 0.5) is 4.39 Å². The van der Waals surface area contributed by atoms with Crippen molar-refractivity contribution in [2.75, 3.05) is 6.61 Å². The van der Waals surface area contributed by atoms with Gasteiger partial charge in [0.25, 0.3) is 5.91 Å². The monoisotopic (exact) mass is 381 g/mol. The number of rotatable bonds is 5. The molecule has 0 atom stereocenters. The molecular weight excluding hydrogens is 357 g/mol. The van der Waals surface area contributed by atoms with Crippen LogP contribution >= 0.6 is 0 Å². The molecular formula is C22H24FN3O2. The molecule has 0 bridgehead atoms. The molecule has 0 fully saturated rings. The van der Waals surface area contributed by atoms with Gasteiger partial charge in [-0.3, -0.25) is 4.79 Å². The van der Waals surface area contributed by atoms with Gasteiger partial charge in [0.1, 0.15) is 5.82 Å². The van der Waals surface area contributed by atoms with Crippen LogP contribution in [0.15, 0.2) is 48.5 Å². The minimum Gasteiger partial charge on any atom is -0.462 e. The quantitative estimate of drug-likeness (QED) is 0.633. The Kier molecular flexibility index (Phi) is 5.58. The summed E-state index contributed by atoms with van der Waals surface area (Å²) in [5.41, 5.74) is 2.11. The zero-order valence-corrected chi connectivity index (χ0v) is 16.6. The van der Waals surface area contributed by atoms with Gasteiger partial charge in [-0.2, -0.15) is 9.67 Å². The molecule has 5 nitrogen and oxygen atoms in total. The average Bonchev–Trinajstić information content (AvgIpc) is 3.09. The summed E-state index contributed by atoms with van der Waals surface area (Å²) in [7, 11) is 0. The molecule has 3 aromatic rings. The molecule has 0 aliphatic heterocycles. The Hall–Kier alpha value is -3.02. The number of carbonyl (C=O) groups excluding carboxylic acids is 1. The third-order valence-corrected chi connectivity index (χ3v) is 4.30. The fourth-order valence-electron chi connectivity index (χ4n) is 2.74. The van der Waals surface area contributed by atoms with E-state index in [-0.39, 0.29) is 17.0 Å². The number of aromatic nitrogens is 3. The average molecular weight is 381 g/mol. The van der Waals surface area contributed by atoms with Crippen LogP contribution in [0, 0.1) is 5.82 Å². The van der Waals surface area contributed by atoms with Gasteiger partial charge in [0.15, 0.2) is 5.82 Å². The van der Waals surface area contributed by atoms with Crippen LogP contribution < -0.4 is 4.74 Å². The van der Waals surface area contributed by atoms with Gasteiger partial charge in [-0.25, -0.2) is 4.39 Å². The first-order valence-corrected chi connectivity index (χ1v) is 9.30. The normalized spacial score (nSPS) is 11.5. The van der Waals surface area contributed by atoms with E-state index in [1.54, 1.807) is 6.07 Å². The first-order chi connectivity index (χ1) is 13.3. The molecule has 0 amide bonds. The highest BCUT2D eigenvalue weighted by atomic mass is 19.1. The first-order valence-electron chi connectivity index (χ1n) is 9.30. The van der Waals surface area contributed by atoms with Crippen molar-refractivity contribution in [2.45, 2.75) is 39.5 Å². The maximum atomic E-state index is 13.6. The van der Waals surface area contributed by atoms with Crippen LogP contribution in [0.25, 0.3) is 11.4 Å². The maximum absolute atomic E-state index is 13.6.